The molecule has 0 radical (unpaired) electrons. The first-order chi connectivity index (χ1) is 8.84. The molecular weight excluding hydrogens is 259 g/mol. The quantitative estimate of drug-likeness (QED) is 0.610. The van der Waals surface area contributed by atoms with Gasteiger partial charge in [-0.25, -0.2) is 4.39 Å². The van der Waals surface area contributed by atoms with Crippen LogP contribution in [0.4, 0.5) is 13.2 Å². The molecule has 19 heavy (non-hydrogen) atoms. The monoisotopic (exact) mass is 273 g/mol. The molecule has 6 heteroatoms. The number of Topliss-reactive ketones (excluding diaryl/α,β-unsaturated/α-hetero) is 1. The Hall–Kier alpha value is -1.85. The van der Waals surface area contributed by atoms with E-state index in [1.165, 1.54) is 0 Å². The van der Waals surface area contributed by atoms with Crippen LogP contribution in [0.15, 0.2) is 24.3 Å². The minimum absolute atomic E-state index is 0.0849. The highest BCUT2D eigenvalue weighted by Gasteiger charge is 2.49. The Morgan fingerprint density at radius 2 is 1.58 bits per heavy atom. The summed E-state index contributed by atoms with van der Waals surface area (Å²) in [5.41, 5.74) is -0.396. The minimum atomic E-state index is -4.14. The zero-order chi connectivity index (χ0) is 14.6. The van der Waals surface area contributed by atoms with Crippen molar-refractivity contribution < 1.29 is 22.8 Å². The van der Waals surface area contributed by atoms with Crippen molar-refractivity contribution >= 4 is 11.7 Å². The van der Waals surface area contributed by atoms with E-state index in [1.807, 2.05) is 0 Å². The fraction of sp³-hybridized carbons (Fsp3) is 0.385. The van der Waals surface area contributed by atoms with Crippen molar-refractivity contribution in [2.75, 3.05) is 13.1 Å². The zero-order valence-corrected chi connectivity index (χ0v) is 10.6. The molecule has 3 nitrogen and oxygen atoms in total. The second kappa shape index (κ2) is 5.86. The predicted molar refractivity (Wildman–Crippen MR) is 63.6 cm³/mol. The van der Waals surface area contributed by atoms with Crippen molar-refractivity contribution in [3.63, 3.8) is 0 Å². The smallest absolute Gasteiger partial charge is 0.338 e. The molecule has 0 heterocycles. The second-order valence-electron chi connectivity index (χ2n) is 3.89. The van der Waals surface area contributed by atoms with Gasteiger partial charge < -0.3 is 4.90 Å². The Labute approximate surface area is 109 Å². The molecule has 0 N–H and O–H groups in total. The van der Waals surface area contributed by atoms with E-state index in [2.05, 4.69) is 0 Å². The van der Waals surface area contributed by atoms with Crippen LogP contribution in [-0.4, -0.2) is 35.6 Å². The highest BCUT2D eigenvalue weighted by Crippen LogP contribution is 2.23. The van der Waals surface area contributed by atoms with E-state index < -0.39 is 29.0 Å². The van der Waals surface area contributed by atoms with E-state index in [0.29, 0.717) is 0 Å². The third-order valence-electron chi connectivity index (χ3n) is 2.71. The molecule has 0 spiro atoms. The second-order valence-corrected chi connectivity index (χ2v) is 3.89. The molecule has 0 atom stereocenters. The lowest BCUT2D eigenvalue weighted by atomic mass is 10.0. The maximum absolute atomic E-state index is 13.8. The molecule has 1 rings (SSSR count). The Kier molecular flexibility index (Phi) is 4.69. The third kappa shape index (κ3) is 3.13. The molecule has 0 unspecified atom stereocenters. The standard InChI is InChI=1S/C13H14F3NO2/c1-3-17(4-2)12(19)13(15,16)11(18)9-5-7-10(14)8-6-9/h5-8H,3-4H2,1-2H3. The average Bonchev–Trinajstić information content (AvgIpc) is 2.40. The van der Waals surface area contributed by atoms with Gasteiger partial charge in [-0.1, -0.05) is 0 Å². The Morgan fingerprint density at radius 3 is 2.00 bits per heavy atom. The van der Waals surface area contributed by atoms with Crippen molar-refractivity contribution in [1.82, 2.24) is 4.90 Å². The maximum atomic E-state index is 13.8. The number of rotatable bonds is 5. The summed E-state index contributed by atoms with van der Waals surface area (Å²) in [6.45, 7) is 3.25. The normalized spacial score (nSPS) is 11.2. The zero-order valence-electron chi connectivity index (χ0n) is 10.6. The van der Waals surface area contributed by atoms with Crippen molar-refractivity contribution in [1.29, 1.82) is 0 Å². The first-order valence-electron chi connectivity index (χ1n) is 5.82. The molecule has 0 bridgehead atoms. The van der Waals surface area contributed by atoms with Gasteiger partial charge >= 0.3 is 11.8 Å². The number of benzene rings is 1. The van der Waals surface area contributed by atoms with E-state index in [4.69, 9.17) is 0 Å². The van der Waals surface area contributed by atoms with Gasteiger partial charge in [0.1, 0.15) is 5.82 Å². The SMILES string of the molecule is CCN(CC)C(=O)C(F)(F)C(=O)c1ccc(F)cc1. The van der Waals surface area contributed by atoms with Crippen LogP contribution in [-0.2, 0) is 4.79 Å². The molecule has 104 valence electrons. The fourth-order valence-electron chi connectivity index (χ4n) is 1.59. The summed E-state index contributed by atoms with van der Waals surface area (Å²) in [6.07, 6.45) is 0. The molecular formula is C13H14F3NO2. The predicted octanol–water partition coefficient (Wildman–Crippen LogP) is 2.51. The maximum Gasteiger partial charge on any atom is 0.386 e. The van der Waals surface area contributed by atoms with E-state index in [0.717, 1.165) is 29.2 Å². The van der Waals surface area contributed by atoms with Crippen LogP contribution >= 0.6 is 0 Å². The van der Waals surface area contributed by atoms with Gasteiger partial charge in [0.15, 0.2) is 0 Å². The van der Waals surface area contributed by atoms with Crippen LogP contribution < -0.4 is 0 Å². The number of carbonyl (C=O) groups is 2. The lowest BCUT2D eigenvalue weighted by Crippen LogP contribution is -2.48. The lowest BCUT2D eigenvalue weighted by molar-refractivity contribution is -0.150. The number of alkyl halides is 2. The molecule has 1 aromatic carbocycles. The van der Waals surface area contributed by atoms with Crippen molar-refractivity contribution in [3.05, 3.63) is 35.6 Å². The average molecular weight is 273 g/mol. The summed E-state index contributed by atoms with van der Waals surface area (Å²) in [5, 5.41) is 0. The minimum Gasteiger partial charge on any atom is -0.338 e. The summed E-state index contributed by atoms with van der Waals surface area (Å²) in [6, 6.07) is 3.65. The number of carbonyl (C=O) groups excluding carboxylic acids is 2. The van der Waals surface area contributed by atoms with Crippen molar-refractivity contribution in [2.45, 2.75) is 19.8 Å². The van der Waals surface area contributed by atoms with Gasteiger partial charge in [-0.05, 0) is 38.1 Å². The van der Waals surface area contributed by atoms with Gasteiger partial charge in [0.25, 0.3) is 0 Å². The number of hydrogen-bond acceptors (Lipinski definition) is 2. The number of hydrogen-bond donors (Lipinski definition) is 0. The van der Waals surface area contributed by atoms with E-state index in [-0.39, 0.29) is 13.1 Å². The highest BCUT2D eigenvalue weighted by atomic mass is 19.3. The number of ketones is 1. The number of nitrogens with zero attached hydrogens (tertiary/aromatic N) is 1. The van der Waals surface area contributed by atoms with E-state index in [9.17, 15) is 22.8 Å². The molecule has 0 fully saturated rings. The van der Waals surface area contributed by atoms with E-state index >= 15 is 0 Å². The third-order valence-corrected chi connectivity index (χ3v) is 2.71. The summed E-state index contributed by atoms with van der Waals surface area (Å²) >= 11 is 0. The van der Waals surface area contributed by atoms with Crippen LogP contribution in [0, 0.1) is 5.82 Å². The fourth-order valence-corrected chi connectivity index (χ4v) is 1.59. The van der Waals surface area contributed by atoms with E-state index in [1.54, 1.807) is 13.8 Å². The molecule has 0 saturated carbocycles. The summed E-state index contributed by atoms with van der Waals surface area (Å²) < 4.78 is 40.2. The molecule has 0 aliphatic carbocycles. The number of halogens is 3. The molecule has 0 aliphatic heterocycles. The first kappa shape index (κ1) is 15.2. The summed E-state index contributed by atoms with van der Waals surface area (Å²) in [7, 11) is 0. The van der Waals surface area contributed by atoms with Gasteiger partial charge in [-0.15, -0.1) is 0 Å². The van der Waals surface area contributed by atoms with Crippen LogP contribution in [0.5, 0.6) is 0 Å². The molecule has 0 aliphatic rings. The van der Waals surface area contributed by atoms with Gasteiger partial charge in [0.2, 0.25) is 5.78 Å². The Bertz CT molecular complexity index is 467. The van der Waals surface area contributed by atoms with Gasteiger partial charge in [0.05, 0.1) is 0 Å². The first-order valence-corrected chi connectivity index (χ1v) is 5.82. The van der Waals surface area contributed by atoms with Crippen LogP contribution in [0.3, 0.4) is 0 Å². The topological polar surface area (TPSA) is 37.4 Å². The van der Waals surface area contributed by atoms with Crippen LogP contribution in [0.2, 0.25) is 0 Å². The Morgan fingerprint density at radius 1 is 1.11 bits per heavy atom. The van der Waals surface area contributed by atoms with Crippen molar-refractivity contribution in [3.8, 4) is 0 Å². The summed E-state index contributed by atoms with van der Waals surface area (Å²) in [4.78, 5) is 24.1. The van der Waals surface area contributed by atoms with Crippen LogP contribution in [0.25, 0.3) is 0 Å². The van der Waals surface area contributed by atoms with Crippen LogP contribution in [0.1, 0.15) is 24.2 Å². The Balaban J connectivity index is 3.02. The summed E-state index contributed by atoms with van der Waals surface area (Å²) in [5.74, 6) is -7.93. The van der Waals surface area contributed by atoms with Gasteiger partial charge in [-0.2, -0.15) is 8.78 Å². The largest absolute Gasteiger partial charge is 0.386 e. The lowest BCUT2D eigenvalue weighted by Gasteiger charge is -2.23. The molecule has 1 amide bonds. The van der Waals surface area contributed by atoms with Gasteiger partial charge in [0, 0.05) is 18.7 Å². The van der Waals surface area contributed by atoms with Gasteiger partial charge in [-0.3, -0.25) is 9.59 Å². The molecule has 1 aromatic rings. The van der Waals surface area contributed by atoms with Crippen molar-refractivity contribution in [2.24, 2.45) is 0 Å². The highest BCUT2D eigenvalue weighted by molar-refractivity contribution is 6.15. The molecule has 0 aromatic heterocycles. The number of amides is 1. The molecule has 0 saturated heterocycles.